The summed E-state index contributed by atoms with van der Waals surface area (Å²) in [6.07, 6.45) is 2.01. The number of hydrogen-bond acceptors (Lipinski definition) is 5. The van der Waals surface area contributed by atoms with E-state index in [-0.39, 0.29) is 36.2 Å². The van der Waals surface area contributed by atoms with Crippen molar-refractivity contribution in [1.82, 2.24) is 10.2 Å². The fourth-order valence-corrected chi connectivity index (χ4v) is 6.98. The summed E-state index contributed by atoms with van der Waals surface area (Å²) < 4.78 is 6.77. The van der Waals surface area contributed by atoms with Crippen LogP contribution in [-0.4, -0.2) is 64.2 Å². The molecule has 0 aromatic heterocycles. The number of likely N-dealkylation sites (tertiary alicyclic amines) is 1. The largest absolute Gasteiger partial charge is 0.394 e. The van der Waals surface area contributed by atoms with E-state index >= 15 is 0 Å². The van der Waals surface area contributed by atoms with Gasteiger partial charge in [0.05, 0.1) is 30.1 Å². The number of aliphatic hydroxyl groups is 1. The number of amides is 3. The summed E-state index contributed by atoms with van der Waals surface area (Å²) in [6.45, 7) is 14.1. The summed E-state index contributed by atoms with van der Waals surface area (Å²) in [4.78, 5) is 43.5. The van der Waals surface area contributed by atoms with Gasteiger partial charge in [-0.1, -0.05) is 46.2 Å². The average molecular weight is 514 g/mol. The Morgan fingerprint density at radius 1 is 1.24 bits per heavy atom. The van der Waals surface area contributed by atoms with Crippen molar-refractivity contribution in [2.45, 2.75) is 91.0 Å². The van der Waals surface area contributed by atoms with E-state index in [4.69, 9.17) is 4.74 Å². The van der Waals surface area contributed by atoms with E-state index in [0.29, 0.717) is 18.7 Å². The first-order valence-electron chi connectivity index (χ1n) is 13.8. The standard InChI is InChI=1S/C29H43N3O5/c1-8-12-30-25(34)22-23-27(36)32(21(15-33)17(4)9-2)24(29(23)14-19(6)28(22,7)37-29)26(35)31-20-13-16(3)10-11-18(20)5/h10-11,13,17,19,21-24,33H,8-9,12,14-15H2,1-7H3,(H,30,34)(H,31,35)/t17-,19?,21-,22+,23-,24?,28-,29?/m0/s1. The van der Waals surface area contributed by atoms with Gasteiger partial charge in [-0.2, -0.15) is 0 Å². The first kappa shape index (κ1) is 27.6. The molecule has 3 aliphatic rings. The molecule has 3 saturated heterocycles. The Labute approximate surface area is 220 Å². The zero-order chi connectivity index (χ0) is 27.3. The highest BCUT2D eigenvalue weighted by Gasteiger charge is 2.80. The Bertz CT molecular complexity index is 1080. The van der Waals surface area contributed by atoms with Crippen LogP contribution in [0.4, 0.5) is 5.69 Å². The van der Waals surface area contributed by atoms with Crippen molar-refractivity contribution in [3.05, 3.63) is 29.3 Å². The maximum absolute atomic E-state index is 14.3. The van der Waals surface area contributed by atoms with Gasteiger partial charge < -0.3 is 25.4 Å². The van der Waals surface area contributed by atoms with E-state index in [1.54, 1.807) is 4.90 Å². The minimum atomic E-state index is -1.14. The van der Waals surface area contributed by atoms with Crippen LogP contribution < -0.4 is 10.6 Å². The molecule has 3 amide bonds. The van der Waals surface area contributed by atoms with Gasteiger partial charge in [-0.15, -0.1) is 0 Å². The highest BCUT2D eigenvalue weighted by molar-refractivity contribution is 6.04. The van der Waals surface area contributed by atoms with Gasteiger partial charge >= 0.3 is 0 Å². The molecule has 3 aliphatic heterocycles. The van der Waals surface area contributed by atoms with Crippen LogP contribution in [0.1, 0.15) is 65.0 Å². The number of nitrogens with zero attached hydrogens (tertiary/aromatic N) is 1. The maximum Gasteiger partial charge on any atom is 0.250 e. The smallest absolute Gasteiger partial charge is 0.250 e. The van der Waals surface area contributed by atoms with Crippen molar-refractivity contribution in [3.8, 4) is 0 Å². The lowest BCUT2D eigenvalue weighted by Crippen LogP contribution is -2.57. The minimum Gasteiger partial charge on any atom is -0.394 e. The number of aryl methyl sites for hydroxylation is 2. The molecule has 1 aromatic carbocycles. The highest BCUT2D eigenvalue weighted by Crippen LogP contribution is 2.65. The third-order valence-electron chi connectivity index (χ3n) is 9.33. The lowest BCUT2D eigenvalue weighted by molar-refractivity contribution is -0.150. The number of benzene rings is 1. The molecule has 8 nitrogen and oxygen atoms in total. The van der Waals surface area contributed by atoms with E-state index in [0.717, 1.165) is 24.0 Å². The van der Waals surface area contributed by atoms with E-state index in [1.807, 2.05) is 66.7 Å². The predicted octanol–water partition coefficient (Wildman–Crippen LogP) is 3.19. The van der Waals surface area contributed by atoms with Gasteiger partial charge in [0.25, 0.3) is 0 Å². The van der Waals surface area contributed by atoms with Gasteiger partial charge in [0.1, 0.15) is 11.6 Å². The van der Waals surface area contributed by atoms with Crippen LogP contribution in [-0.2, 0) is 19.1 Å². The van der Waals surface area contributed by atoms with Crippen molar-refractivity contribution in [3.63, 3.8) is 0 Å². The fourth-order valence-electron chi connectivity index (χ4n) is 6.98. The van der Waals surface area contributed by atoms with Crippen molar-refractivity contribution in [2.75, 3.05) is 18.5 Å². The zero-order valence-electron chi connectivity index (χ0n) is 23.3. The minimum absolute atomic E-state index is 0.0268. The van der Waals surface area contributed by atoms with Crippen LogP contribution in [0.5, 0.6) is 0 Å². The van der Waals surface area contributed by atoms with Gasteiger partial charge in [-0.25, -0.2) is 0 Å². The summed E-state index contributed by atoms with van der Waals surface area (Å²) in [5.74, 6) is -2.36. The van der Waals surface area contributed by atoms with Crippen molar-refractivity contribution < 1.29 is 24.2 Å². The SMILES string of the molecule is CCCNC(=O)[C@H]1[C@H]2C(=O)N([C@@H](CO)[C@@H](C)CC)C(C(=O)Nc3cc(C)ccc3C)C23CC(C)[C@]1(C)O3. The lowest BCUT2D eigenvalue weighted by Gasteiger charge is -2.39. The normalized spacial score (nSPS) is 33.8. The molecule has 3 fully saturated rings. The number of carbonyl (C=O) groups is 3. The van der Waals surface area contributed by atoms with Crippen LogP contribution in [0.3, 0.4) is 0 Å². The van der Waals surface area contributed by atoms with Crippen molar-refractivity contribution >= 4 is 23.4 Å². The van der Waals surface area contributed by atoms with Gasteiger partial charge in [-0.05, 0) is 62.6 Å². The summed E-state index contributed by atoms with van der Waals surface area (Å²) >= 11 is 0. The second-order valence-electron chi connectivity index (χ2n) is 11.7. The van der Waals surface area contributed by atoms with Gasteiger partial charge in [0.2, 0.25) is 17.7 Å². The average Bonchev–Trinajstić information content (AvgIpc) is 3.37. The van der Waals surface area contributed by atoms with Crippen molar-refractivity contribution in [1.29, 1.82) is 0 Å². The molecule has 4 rings (SSSR count). The highest BCUT2D eigenvalue weighted by atomic mass is 16.5. The van der Waals surface area contributed by atoms with E-state index in [1.165, 1.54) is 0 Å². The molecular formula is C29H43N3O5. The van der Waals surface area contributed by atoms with Gasteiger partial charge in [-0.3, -0.25) is 14.4 Å². The number of ether oxygens (including phenoxy) is 1. The van der Waals surface area contributed by atoms with Gasteiger partial charge in [0, 0.05) is 12.2 Å². The third-order valence-corrected chi connectivity index (χ3v) is 9.33. The van der Waals surface area contributed by atoms with E-state index in [9.17, 15) is 19.5 Å². The number of fused-ring (bicyclic) bond motifs is 1. The molecule has 37 heavy (non-hydrogen) atoms. The van der Waals surface area contributed by atoms with E-state index < -0.39 is 35.1 Å². The first-order chi connectivity index (χ1) is 17.5. The van der Waals surface area contributed by atoms with Crippen molar-refractivity contribution in [2.24, 2.45) is 23.7 Å². The molecule has 0 aliphatic carbocycles. The number of carbonyl (C=O) groups excluding carboxylic acids is 3. The predicted molar refractivity (Wildman–Crippen MR) is 142 cm³/mol. The summed E-state index contributed by atoms with van der Waals surface area (Å²) in [6, 6.07) is 4.34. The van der Waals surface area contributed by atoms with Crippen LogP contribution >= 0.6 is 0 Å². The van der Waals surface area contributed by atoms with E-state index in [2.05, 4.69) is 10.6 Å². The van der Waals surface area contributed by atoms with Crippen LogP contribution in [0, 0.1) is 37.5 Å². The lowest BCUT2D eigenvalue weighted by atomic mass is 9.62. The Hall–Kier alpha value is -2.45. The third kappa shape index (κ3) is 4.16. The number of rotatable bonds is 9. The van der Waals surface area contributed by atoms with Crippen LogP contribution in [0.25, 0.3) is 0 Å². The Kier molecular flexibility index (Phi) is 7.47. The Morgan fingerprint density at radius 3 is 2.57 bits per heavy atom. The molecule has 0 radical (unpaired) electrons. The molecule has 3 N–H and O–H groups in total. The summed E-state index contributed by atoms with van der Waals surface area (Å²) in [7, 11) is 0. The maximum atomic E-state index is 14.3. The number of aliphatic hydroxyl groups excluding tert-OH is 1. The van der Waals surface area contributed by atoms with Gasteiger partial charge in [0.15, 0.2) is 0 Å². The molecule has 2 bridgehead atoms. The molecule has 0 saturated carbocycles. The zero-order valence-corrected chi connectivity index (χ0v) is 23.3. The monoisotopic (exact) mass is 513 g/mol. The Balaban J connectivity index is 1.83. The Morgan fingerprint density at radius 2 is 1.95 bits per heavy atom. The fraction of sp³-hybridized carbons (Fsp3) is 0.690. The number of nitrogens with one attached hydrogen (secondary N) is 2. The molecule has 1 aromatic rings. The molecule has 3 unspecified atom stereocenters. The topological polar surface area (TPSA) is 108 Å². The second kappa shape index (κ2) is 10.0. The molecule has 1 spiro atoms. The molecule has 3 heterocycles. The van der Waals surface area contributed by atoms with Crippen LogP contribution in [0.2, 0.25) is 0 Å². The van der Waals surface area contributed by atoms with Crippen LogP contribution in [0.15, 0.2) is 18.2 Å². The molecule has 8 heteroatoms. The molecule has 204 valence electrons. The summed E-state index contributed by atoms with van der Waals surface area (Å²) in [5, 5.41) is 16.5. The first-order valence-corrected chi connectivity index (χ1v) is 13.8. The number of anilines is 1. The molecular weight excluding hydrogens is 470 g/mol. The quantitative estimate of drug-likeness (QED) is 0.470. The second-order valence-corrected chi connectivity index (χ2v) is 11.7. The summed E-state index contributed by atoms with van der Waals surface area (Å²) in [5.41, 5.74) is 0.620. The number of hydrogen-bond donors (Lipinski definition) is 3. The molecule has 8 atom stereocenters.